The van der Waals surface area contributed by atoms with E-state index in [1.807, 2.05) is 29.6 Å². The van der Waals surface area contributed by atoms with Gasteiger partial charge in [-0.15, -0.1) is 11.3 Å². The van der Waals surface area contributed by atoms with Gasteiger partial charge in [0.25, 0.3) is 5.89 Å². The molecule has 0 saturated carbocycles. The maximum Gasteiger partial charge on any atom is 0.259 e. The fourth-order valence-corrected chi connectivity index (χ4v) is 2.65. The van der Waals surface area contributed by atoms with E-state index in [2.05, 4.69) is 10.1 Å². The Morgan fingerprint density at radius 2 is 2.22 bits per heavy atom. The third-order valence-electron chi connectivity index (χ3n) is 2.68. The molecule has 2 heterocycles. The monoisotopic (exact) mass is 261 g/mol. The first-order valence-corrected chi connectivity index (χ1v) is 6.34. The molecule has 3 N–H and O–H groups in total. The van der Waals surface area contributed by atoms with E-state index in [1.54, 1.807) is 11.3 Å². The van der Waals surface area contributed by atoms with Crippen LogP contribution in [0.1, 0.15) is 11.9 Å². The van der Waals surface area contributed by atoms with Crippen LogP contribution in [0, 0.1) is 0 Å². The summed E-state index contributed by atoms with van der Waals surface area (Å²) in [5, 5.41) is 15.8. The van der Waals surface area contributed by atoms with Crippen molar-refractivity contribution in [1.82, 2.24) is 10.1 Å². The number of aromatic nitrogens is 2. The molecule has 0 aliphatic rings. The highest BCUT2D eigenvalue weighted by Gasteiger charge is 2.16. The van der Waals surface area contributed by atoms with Gasteiger partial charge in [-0.05, 0) is 6.07 Å². The number of thiophene rings is 1. The molecule has 5 nitrogen and oxygen atoms in total. The number of nitrogens with two attached hydrogens (primary N) is 1. The first kappa shape index (κ1) is 11.3. The van der Waals surface area contributed by atoms with Gasteiger partial charge < -0.3 is 15.4 Å². The molecule has 0 saturated heterocycles. The van der Waals surface area contributed by atoms with E-state index >= 15 is 0 Å². The highest BCUT2D eigenvalue weighted by molar-refractivity contribution is 7.17. The topological polar surface area (TPSA) is 85.2 Å². The summed E-state index contributed by atoms with van der Waals surface area (Å²) in [6, 6.07) is 7.41. The number of rotatable bonds is 3. The number of hydrogen-bond donors (Lipinski definition) is 2. The van der Waals surface area contributed by atoms with Gasteiger partial charge in [0.05, 0.1) is 18.2 Å². The molecular formula is C12H11N3O2S. The fraction of sp³-hybridized carbons (Fsp3) is 0.167. The third kappa shape index (κ3) is 1.80. The van der Waals surface area contributed by atoms with Crippen molar-refractivity contribution in [3.63, 3.8) is 0 Å². The van der Waals surface area contributed by atoms with Gasteiger partial charge in [-0.1, -0.05) is 23.4 Å². The summed E-state index contributed by atoms with van der Waals surface area (Å²) >= 11 is 1.62. The average molecular weight is 261 g/mol. The second kappa shape index (κ2) is 4.49. The van der Waals surface area contributed by atoms with Gasteiger partial charge in [-0.25, -0.2) is 0 Å². The van der Waals surface area contributed by atoms with Gasteiger partial charge in [0.1, 0.15) is 0 Å². The number of aliphatic hydroxyl groups excluding tert-OH is 1. The number of fused-ring (bicyclic) bond motifs is 1. The van der Waals surface area contributed by atoms with Crippen LogP contribution in [-0.4, -0.2) is 21.9 Å². The minimum absolute atomic E-state index is 0.205. The molecule has 2 aromatic heterocycles. The quantitative estimate of drug-likeness (QED) is 0.752. The highest BCUT2D eigenvalue weighted by atomic mass is 32.1. The summed E-state index contributed by atoms with van der Waals surface area (Å²) in [7, 11) is 0. The molecule has 0 spiro atoms. The SMILES string of the molecule is NC(CO)c1noc(-c2csc3ccccc23)n1. The Labute approximate surface area is 107 Å². The molecule has 0 amide bonds. The second-order valence-corrected chi connectivity index (χ2v) is 4.80. The number of aliphatic hydroxyl groups is 1. The van der Waals surface area contributed by atoms with Crippen LogP contribution in [-0.2, 0) is 0 Å². The largest absolute Gasteiger partial charge is 0.394 e. The lowest BCUT2D eigenvalue weighted by Gasteiger charge is -1.98. The zero-order valence-corrected chi connectivity index (χ0v) is 10.2. The minimum Gasteiger partial charge on any atom is -0.394 e. The van der Waals surface area contributed by atoms with Crippen molar-refractivity contribution in [2.75, 3.05) is 6.61 Å². The van der Waals surface area contributed by atoms with Gasteiger partial charge >= 0.3 is 0 Å². The van der Waals surface area contributed by atoms with Gasteiger partial charge in [0.15, 0.2) is 5.82 Å². The lowest BCUT2D eigenvalue weighted by atomic mass is 10.2. The average Bonchev–Trinajstić information content (AvgIpc) is 3.03. The summed E-state index contributed by atoms with van der Waals surface area (Å²) in [5.74, 6) is 0.758. The summed E-state index contributed by atoms with van der Waals surface area (Å²) in [5.41, 5.74) is 6.54. The number of hydrogen-bond acceptors (Lipinski definition) is 6. The molecular weight excluding hydrogens is 250 g/mol. The second-order valence-electron chi connectivity index (χ2n) is 3.89. The summed E-state index contributed by atoms with van der Waals surface area (Å²) in [4.78, 5) is 4.22. The molecule has 92 valence electrons. The van der Waals surface area contributed by atoms with Gasteiger partial charge in [0, 0.05) is 15.5 Å². The van der Waals surface area contributed by atoms with Crippen molar-refractivity contribution in [2.24, 2.45) is 5.73 Å². The lowest BCUT2D eigenvalue weighted by Crippen LogP contribution is -2.15. The van der Waals surface area contributed by atoms with E-state index in [4.69, 9.17) is 15.4 Å². The van der Waals surface area contributed by atoms with Crippen LogP contribution in [0.4, 0.5) is 0 Å². The molecule has 0 radical (unpaired) electrons. The standard InChI is InChI=1S/C12H11N3O2S/c13-9(5-16)11-14-12(17-15-11)8-6-18-10-4-2-1-3-7(8)10/h1-4,6,9,16H,5,13H2. The lowest BCUT2D eigenvalue weighted by molar-refractivity contribution is 0.260. The maximum absolute atomic E-state index is 8.96. The molecule has 3 rings (SSSR count). The molecule has 0 bridgehead atoms. The van der Waals surface area contributed by atoms with Gasteiger partial charge in [-0.3, -0.25) is 0 Å². The van der Waals surface area contributed by atoms with Crippen molar-refractivity contribution in [1.29, 1.82) is 0 Å². The van der Waals surface area contributed by atoms with Crippen molar-refractivity contribution in [2.45, 2.75) is 6.04 Å². The first-order valence-electron chi connectivity index (χ1n) is 5.46. The Morgan fingerprint density at radius 1 is 1.39 bits per heavy atom. The Bertz CT molecular complexity index is 677. The molecule has 1 aromatic carbocycles. The first-order chi connectivity index (χ1) is 8.79. The normalized spacial score (nSPS) is 13.0. The van der Waals surface area contributed by atoms with Crippen molar-refractivity contribution < 1.29 is 9.63 Å². The van der Waals surface area contributed by atoms with E-state index in [-0.39, 0.29) is 6.61 Å². The Morgan fingerprint density at radius 3 is 3.06 bits per heavy atom. The van der Waals surface area contributed by atoms with Crippen LogP contribution in [0.15, 0.2) is 34.2 Å². The smallest absolute Gasteiger partial charge is 0.259 e. The van der Waals surface area contributed by atoms with Crippen LogP contribution >= 0.6 is 11.3 Å². The summed E-state index contributed by atoms with van der Waals surface area (Å²) in [6.07, 6.45) is 0. The number of benzene rings is 1. The van der Waals surface area contributed by atoms with E-state index in [1.165, 1.54) is 4.70 Å². The van der Waals surface area contributed by atoms with Crippen molar-refractivity contribution in [3.8, 4) is 11.5 Å². The van der Waals surface area contributed by atoms with E-state index in [0.29, 0.717) is 11.7 Å². The summed E-state index contributed by atoms with van der Waals surface area (Å²) < 4.78 is 6.36. The Kier molecular flexibility index (Phi) is 2.83. The fourth-order valence-electron chi connectivity index (χ4n) is 1.72. The molecule has 18 heavy (non-hydrogen) atoms. The van der Waals surface area contributed by atoms with Crippen molar-refractivity contribution in [3.05, 3.63) is 35.5 Å². The molecule has 1 unspecified atom stereocenters. The molecule has 3 aromatic rings. The van der Waals surface area contributed by atoms with Crippen LogP contribution in [0.5, 0.6) is 0 Å². The van der Waals surface area contributed by atoms with Gasteiger partial charge in [-0.2, -0.15) is 4.98 Å². The van der Waals surface area contributed by atoms with E-state index in [9.17, 15) is 0 Å². The third-order valence-corrected chi connectivity index (χ3v) is 3.64. The highest BCUT2D eigenvalue weighted by Crippen LogP contribution is 2.32. The van der Waals surface area contributed by atoms with E-state index < -0.39 is 6.04 Å². The van der Waals surface area contributed by atoms with Crippen LogP contribution in [0.25, 0.3) is 21.5 Å². The molecule has 1 atom stereocenters. The van der Waals surface area contributed by atoms with Crippen molar-refractivity contribution >= 4 is 21.4 Å². The maximum atomic E-state index is 8.96. The number of nitrogens with zero attached hydrogens (tertiary/aromatic N) is 2. The minimum atomic E-state index is -0.604. The van der Waals surface area contributed by atoms with E-state index in [0.717, 1.165) is 10.9 Å². The molecule has 6 heteroatoms. The van der Waals surface area contributed by atoms with Crippen LogP contribution < -0.4 is 5.73 Å². The zero-order valence-electron chi connectivity index (χ0n) is 9.41. The van der Waals surface area contributed by atoms with Gasteiger partial charge in [0.2, 0.25) is 0 Å². The predicted octanol–water partition coefficient (Wildman–Crippen LogP) is 1.94. The molecule has 0 aliphatic carbocycles. The van der Waals surface area contributed by atoms with Crippen LogP contribution in [0.2, 0.25) is 0 Å². The Hall–Kier alpha value is -1.76. The predicted molar refractivity (Wildman–Crippen MR) is 69.1 cm³/mol. The molecule has 0 aliphatic heterocycles. The van der Waals surface area contributed by atoms with Crippen LogP contribution in [0.3, 0.4) is 0 Å². The zero-order chi connectivity index (χ0) is 12.5. The Balaban J connectivity index is 2.07. The molecule has 0 fully saturated rings. The summed E-state index contributed by atoms with van der Waals surface area (Å²) in [6.45, 7) is -0.205.